The molecule has 34 heavy (non-hydrogen) atoms. The summed E-state index contributed by atoms with van der Waals surface area (Å²) in [6.45, 7) is 0. The molecule has 2 amide bonds. The van der Waals surface area contributed by atoms with Crippen LogP contribution < -0.4 is 4.90 Å². The van der Waals surface area contributed by atoms with Crippen molar-refractivity contribution in [3.8, 4) is 0 Å². The maximum absolute atomic E-state index is 14.0. The molecule has 0 radical (unpaired) electrons. The summed E-state index contributed by atoms with van der Waals surface area (Å²) in [5.74, 6) is -0.841. The second-order valence-corrected chi connectivity index (χ2v) is 12.0. The monoisotopic (exact) mass is 588 g/mol. The zero-order chi connectivity index (χ0) is 23.9. The number of benzene rings is 3. The first-order valence-electron chi connectivity index (χ1n) is 11.5. The van der Waals surface area contributed by atoms with Crippen molar-refractivity contribution in [3.63, 3.8) is 0 Å². The van der Waals surface area contributed by atoms with Gasteiger partial charge in [-0.15, -0.1) is 0 Å². The summed E-state index contributed by atoms with van der Waals surface area (Å²) in [4.78, 5) is 27.9. The van der Waals surface area contributed by atoms with Gasteiger partial charge in [-0.1, -0.05) is 49.6 Å². The quantitative estimate of drug-likeness (QED) is 0.307. The Hall–Kier alpha value is -2.30. The van der Waals surface area contributed by atoms with E-state index in [4.69, 9.17) is 0 Å². The van der Waals surface area contributed by atoms with Gasteiger partial charge in [-0.25, -0.2) is 13.3 Å². The van der Waals surface area contributed by atoms with E-state index in [0.29, 0.717) is 18.5 Å². The van der Waals surface area contributed by atoms with Crippen LogP contribution in [0.15, 0.2) is 71.6 Å². The molecule has 2 fully saturated rings. The predicted octanol–water partition coefficient (Wildman–Crippen LogP) is 5.10. The maximum Gasteiger partial charge on any atom is 0.252 e. The molecule has 5 rings (SSSR count). The van der Waals surface area contributed by atoms with Crippen LogP contribution in [0.25, 0.3) is 10.8 Å². The molecule has 2 aliphatic rings. The van der Waals surface area contributed by atoms with Crippen molar-refractivity contribution in [2.24, 2.45) is 0 Å². The number of hydrogen-bond donors (Lipinski definition) is 0. The molecule has 176 valence electrons. The molecule has 8 heteroatoms. The van der Waals surface area contributed by atoms with Crippen LogP contribution in [0.5, 0.6) is 0 Å². The lowest BCUT2D eigenvalue weighted by Crippen LogP contribution is -2.51. The molecule has 3 aromatic carbocycles. The fourth-order valence-electron chi connectivity index (χ4n) is 5.08. The van der Waals surface area contributed by atoms with Crippen molar-refractivity contribution >= 4 is 60.9 Å². The third-order valence-electron chi connectivity index (χ3n) is 6.75. The molecule has 1 saturated heterocycles. The number of anilines is 1. The lowest BCUT2D eigenvalue weighted by atomic mass is 9.94. The van der Waals surface area contributed by atoms with E-state index in [2.05, 4.69) is 22.6 Å². The van der Waals surface area contributed by atoms with Gasteiger partial charge in [-0.2, -0.15) is 4.31 Å². The number of nitrogens with zero attached hydrogens (tertiary/aromatic N) is 2. The number of halogens is 1. The Bertz CT molecular complexity index is 1350. The SMILES string of the molecule is O=C1CC(N(C2CCCCC2)S(=O)(=O)c2ccc3ccccc3c2)C(=O)N1c1ccc(I)cc1. The third kappa shape index (κ3) is 4.27. The first-order chi connectivity index (χ1) is 16.4. The number of carbonyl (C=O) groups excluding carboxylic acids is 2. The van der Waals surface area contributed by atoms with Gasteiger partial charge in [-0.05, 0) is 82.6 Å². The highest BCUT2D eigenvalue weighted by atomic mass is 127. The van der Waals surface area contributed by atoms with Crippen molar-refractivity contribution < 1.29 is 18.0 Å². The first-order valence-corrected chi connectivity index (χ1v) is 14.0. The fraction of sp³-hybridized carbons (Fsp3) is 0.308. The van der Waals surface area contributed by atoms with E-state index in [-0.39, 0.29) is 23.3 Å². The fourth-order valence-corrected chi connectivity index (χ4v) is 7.30. The van der Waals surface area contributed by atoms with Crippen molar-refractivity contribution in [3.05, 3.63) is 70.3 Å². The molecule has 0 aromatic heterocycles. The highest BCUT2D eigenvalue weighted by Crippen LogP contribution is 2.35. The molecule has 0 N–H and O–H groups in total. The van der Waals surface area contributed by atoms with Crippen LogP contribution in [0.4, 0.5) is 5.69 Å². The van der Waals surface area contributed by atoms with Gasteiger partial charge < -0.3 is 0 Å². The second kappa shape index (κ2) is 9.39. The van der Waals surface area contributed by atoms with Crippen LogP contribution in [0.1, 0.15) is 38.5 Å². The van der Waals surface area contributed by atoms with Gasteiger partial charge in [0.25, 0.3) is 5.91 Å². The number of carbonyl (C=O) groups is 2. The summed E-state index contributed by atoms with van der Waals surface area (Å²) >= 11 is 2.16. The van der Waals surface area contributed by atoms with E-state index in [1.165, 1.54) is 4.31 Å². The number of sulfonamides is 1. The molecule has 0 spiro atoms. The van der Waals surface area contributed by atoms with Gasteiger partial charge in [0.15, 0.2) is 0 Å². The van der Waals surface area contributed by atoms with E-state index < -0.39 is 22.0 Å². The number of fused-ring (bicyclic) bond motifs is 1. The second-order valence-electron chi connectivity index (χ2n) is 8.90. The average Bonchev–Trinajstić information content (AvgIpc) is 3.13. The van der Waals surface area contributed by atoms with Gasteiger partial charge in [0.05, 0.1) is 17.0 Å². The molecule has 1 unspecified atom stereocenters. The zero-order valence-electron chi connectivity index (χ0n) is 18.6. The third-order valence-corrected chi connectivity index (χ3v) is 9.42. The normalized spacial score (nSPS) is 19.9. The minimum Gasteiger partial charge on any atom is -0.274 e. The van der Waals surface area contributed by atoms with E-state index in [1.807, 2.05) is 36.4 Å². The minimum atomic E-state index is -4.01. The van der Waals surface area contributed by atoms with Crippen molar-refractivity contribution in [1.29, 1.82) is 0 Å². The molecule has 1 aliphatic heterocycles. The summed E-state index contributed by atoms with van der Waals surface area (Å²) in [5.41, 5.74) is 0.476. The Kier molecular flexibility index (Phi) is 6.47. The van der Waals surface area contributed by atoms with Crippen molar-refractivity contribution in [1.82, 2.24) is 4.31 Å². The summed E-state index contributed by atoms with van der Waals surface area (Å²) in [6.07, 6.45) is 4.09. The van der Waals surface area contributed by atoms with Crippen molar-refractivity contribution in [2.75, 3.05) is 4.90 Å². The Morgan fingerprint density at radius 2 is 1.53 bits per heavy atom. The number of imide groups is 1. The molecule has 0 bridgehead atoms. The molecule has 1 aliphatic carbocycles. The van der Waals surface area contributed by atoms with E-state index in [9.17, 15) is 18.0 Å². The molecule has 6 nitrogen and oxygen atoms in total. The topological polar surface area (TPSA) is 74.8 Å². The van der Waals surface area contributed by atoms with E-state index in [1.54, 1.807) is 30.3 Å². The maximum atomic E-state index is 14.0. The van der Waals surface area contributed by atoms with Crippen LogP contribution in [0.3, 0.4) is 0 Å². The van der Waals surface area contributed by atoms with Gasteiger partial charge in [-0.3, -0.25) is 9.59 Å². The van der Waals surface area contributed by atoms with Crippen LogP contribution >= 0.6 is 22.6 Å². The van der Waals surface area contributed by atoms with Crippen LogP contribution in [0, 0.1) is 3.57 Å². The van der Waals surface area contributed by atoms with Gasteiger partial charge >= 0.3 is 0 Å². The molecule has 3 aromatic rings. The molecular weight excluding hydrogens is 563 g/mol. The largest absolute Gasteiger partial charge is 0.274 e. The minimum absolute atomic E-state index is 0.145. The Morgan fingerprint density at radius 1 is 0.853 bits per heavy atom. The molecule has 1 heterocycles. The Labute approximate surface area is 213 Å². The lowest BCUT2D eigenvalue weighted by Gasteiger charge is -2.36. The molecular formula is C26H25IN2O4S. The van der Waals surface area contributed by atoms with E-state index in [0.717, 1.165) is 38.5 Å². The summed E-state index contributed by atoms with van der Waals surface area (Å²) < 4.78 is 30.4. The standard InChI is InChI=1S/C26H25IN2O4S/c27-20-11-13-21(14-12-20)28-25(30)17-24(26(28)31)29(22-8-2-1-3-9-22)34(32,33)23-15-10-18-6-4-5-7-19(18)16-23/h4-7,10-16,22,24H,1-3,8-9,17H2. The smallest absolute Gasteiger partial charge is 0.252 e. The predicted molar refractivity (Wildman–Crippen MR) is 140 cm³/mol. The highest BCUT2D eigenvalue weighted by Gasteiger charge is 2.49. The van der Waals surface area contributed by atoms with Gasteiger partial charge in [0.2, 0.25) is 15.9 Å². The highest BCUT2D eigenvalue weighted by molar-refractivity contribution is 14.1. The van der Waals surface area contributed by atoms with Crippen LogP contribution in [-0.2, 0) is 19.6 Å². The summed E-state index contributed by atoms with van der Waals surface area (Å²) in [6, 6.07) is 18.4. The summed E-state index contributed by atoms with van der Waals surface area (Å²) in [5, 5.41) is 1.77. The average molecular weight is 588 g/mol. The lowest BCUT2D eigenvalue weighted by molar-refractivity contribution is -0.122. The van der Waals surface area contributed by atoms with Gasteiger partial charge in [0, 0.05) is 9.61 Å². The number of hydrogen-bond acceptors (Lipinski definition) is 4. The number of amides is 2. The Morgan fingerprint density at radius 3 is 2.24 bits per heavy atom. The van der Waals surface area contributed by atoms with Crippen LogP contribution in [0.2, 0.25) is 0 Å². The van der Waals surface area contributed by atoms with Crippen molar-refractivity contribution in [2.45, 2.75) is 55.5 Å². The van der Waals surface area contributed by atoms with E-state index >= 15 is 0 Å². The Balaban J connectivity index is 1.56. The molecule has 1 atom stereocenters. The first kappa shape index (κ1) is 23.4. The zero-order valence-corrected chi connectivity index (χ0v) is 21.5. The van der Waals surface area contributed by atoms with Gasteiger partial charge in [0.1, 0.15) is 6.04 Å². The summed E-state index contributed by atoms with van der Waals surface area (Å²) in [7, 11) is -4.01. The number of rotatable bonds is 5. The molecule has 1 saturated carbocycles. The van der Waals surface area contributed by atoms with Crippen LogP contribution in [-0.4, -0.2) is 36.6 Å².